The fourth-order valence-corrected chi connectivity index (χ4v) is 2.66. The van der Waals surface area contributed by atoms with Crippen molar-refractivity contribution in [1.29, 1.82) is 0 Å². The lowest BCUT2D eigenvalue weighted by Gasteiger charge is -2.09. The van der Waals surface area contributed by atoms with E-state index < -0.39 is 0 Å². The third kappa shape index (κ3) is 1.67. The second-order valence-corrected chi connectivity index (χ2v) is 4.81. The Morgan fingerprint density at radius 2 is 2.13 bits per heavy atom. The molecule has 80 valence electrons. The minimum Gasteiger partial charge on any atom is -0.342 e. The fraction of sp³-hybridized carbons (Fsp3) is 0.364. The summed E-state index contributed by atoms with van der Waals surface area (Å²) in [5, 5.41) is 0. The van der Waals surface area contributed by atoms with Crippen molar-refractivity contribution in [3.05, 3.63) is 27.7 Å². The first-order valence-corrected chi connectivity index (χ1v) is 5.64. The molecule has 0 aliphatic carbocycles. The van der Waals surface area contributed by atoms with Crippen LogP contribution in [0, 0.1) is 12.7 Å². The second kappa shape index (κ2) is 3.59. The molecular weight excluding hydrogens is 259 g/mol. The van der Waals surface area contributed by atoms with Crippen LogP contribution in [0.3, 0.4) is 0 Å². The molecule has 2 nitrogen and oxygen atoms in total. The second-order valence-electron chi connectivity index (χ2n) is 3.95. The summed E-state index contributed by atoms with van der Waals surface area (Å²) in [5.74, 6) is 0.775. The van der Waals surface area contributed by atoms with Gasteiger partial charge < -0.3 is 4.98 Å². The minimum atomic E-state index is -0.286. The van der Waals surface area contributed by atoms with Crippen molar-refractivity contribution in [3.8, 4) is 0 Å². The molecule has 0 saturated heterocycles. The molecule has 2 rings (SSSR count). The van der Waals surface area contributed by atoms with Crippen molar-refractivity contribution >= 4 is 27.0 Å². The highest BCUT2D eigenvalue weighted by atomic mass is 79.9. The number of aromatic amines is 1. The van der Waals surface area contributed by atoms with E-state index >= 15 is 0 Å². The third-order valence-electron chi connectivity index (χ3n) is 2.41. The molecule has 0 radical (unpaired) electrons. The highest BCUT2D eigenvalue weighted by Crippen LogP contribution is 2.32. The molecule has 1 aromatic heterocycles. The molecule has 0 atom stereocenters. The number of hydrogen-bond acceptors (Lipinski definition) is 1. The number of aryl methyl sites for hydroxylation is 1. The number of nitrogens with one attached hydrogen (secondary N) is 1. The molecule has 0 saturated carbocycles. The zero-order valence-electron chi connectivity index (χ0n) is 8.86. The average Bonchev–Trinajstić information content (AvgIpc) is 2.45. The van der Waals surface area contributed by atoms with Gasteiger partial charge in [0.25, 0.3) is 0 Å². The topological polar surface area (TPSA) is 28.7 Å². The van der Waals surface area contributed by atoms with Crippen molar-refractivity contribution < 1.29 is 4.39 Å². The Kier molecular flexibility index (Phi) is 2.54. The van der Waals surface area contributed by atoms with E-state index in [1.54, 1.807) is 0 Å². The number of halogens is 2. The lowest BCUT2D eigenvalue weighted by atomic mass is 10.0. The molecule has 2 aromatic rings. The van der Waals surface area contributed by atoms with Crippen LogP contribution in [-0.2, 0) is 0 Å². The molecule has 0 bridgehead atoms. The molecule has 0 unspecified atom stereocenters. The van der Waals surface area contributed by atoms with Gasteiger partial charge in [-0.1, -0.05) is 29.8 Å². The molecule has 1 aromatic carbocycles. The van der Waals surface area contributed by atoms with Crippen molar-refractivity contribution in [2.75, 3.05) is 0 Å². The van der Waals surface area contributed by atoms with Crippen molar-refractivity contribution in [3.63, 3.8) is 0 Å². The Hall–Kier alpha value is -0.900. The standard InChI is InChI=1S/C11H12BrFN2/c1-5(2)9-7(12)4-8(13)10-11(9)15-6(3)14-10/h4-5H,1-3H3,(H,14,15). The van der Waals surface area contributed by atoms with Gasteiger partial charge in [-0.25, -0.2) is 9.37 Å². The molecular formula is C11H12BrFN2. The van der Waals surface area contributed by atoms with Crippen molar-refractivity contribution in [2.45, 2.75) is 26.7 Å². The molecule has 0 amide bonds. The maximum absolute atomic E-state index is 13.6. The Morgan fingerprint density at radius 1 is 1.47 bits per heavy atom. The van der Waals surface area contributed by atoms with Gasteiger partial charge in [0.2, 0.25) is 0 Å². The van der Waals surface area contributed by atoms with E-state index in [1.165, 1.54) is 6.07 Å². The number of imidazole rings is 1. The molecule has 0 fully saturated rings. The monoisotopic (exact) mass is 270 g/mol. The zero-order valence-corrected chi connectivity index (χ0v) is 10.4. The van der Waals surface area contributed by atoms with Crippen LogP contribution in [0.15, 0.2) is 10.5 Å². The number of nitrogens with zero attached hydrogens (tertiary/aromatic N) is 1. The predicted octanol–water partition coefficient (Wildman–Crippen LogP) is 3.90. The summed E-state index contributed by atoms with van der Waals surface area (Å²) in [4.78, 5) is 7.25. The van der Waals surface area contributed by atoms with E-state index in [4.69, 9.17) is 0 Å². The largest absolute Gasteiger partial charge is 0.342 e. The smallest absolute Gasteiger partial charge is 0.152 e. The van der Waals surface area contributed by atoms with Crippen LogP contribution in [0.4, 0.5) is 4.39 Å². The summed E-state index contributed by atoms with van der Waals surface area (Å²) in [7, 11) is 0. The Bertz CT molecular complexity index is 517. The summed E-state index contributed by atoms with van der Waals surface area (Å²) in [6.07, 6.45) is 0. The van der Waals surface area contributed by atoms with Gasteiger partial charge in [-0.05, 0) is 24.5 Å². The SMILES string of the molecule is Cc1nc2c(F)cc(Br)c(C(C)C)c2[nH]1. The summed E-state index contributed by atoms with van der Waals surface area (Å²) in [6.45, 7) is 5.98. The van der Waals surface area contributed by atoms with Crippen molar-refractivity contribution in [1.82, 2.24) is 9.97 Å². The highest BCUT2D eigenvalue weighted by Gasteiger charge is 2.16. The van der Waals surface area contributed by atoms with Crippen LogP contribution >= 0.6 is 15.9 Å². The van der Waals surface area contributed by atoms with Gasteiger partial charge in [-0.2, -0.15) is 0 Å². The molecule has 1 N–H and O–H groups in total. The van der Waals surface area contributed by atoms with Gasteiger partial charge in [0, 0.05) is 4.47 Å². The lowest BCUT2D eigenvalue weighted by molar-refractivity contribution is 0.635. The van der Waals surface area contributed by atoms with Crippen LogP contribution in [0.2, 0.25) is 0 Å². The molecule has 4 heteroatoms. The zero-order chi connectivity index (χ0) is 11.2. The maximum Gasteiger partial charge on any atom is 0.152 e. The van der Waals surface area contributed by atoms with E-state index in [-0.39, 0.29) is 5.82 Å². The maximum atomic E-state index is 13.6. The summed E-state index contributed by atoms with van der Waals surface area (Å²) in [6, 6.07) is 1.48. The van der Waals surface area contributed by atoms with E-state index in [1.807, 2.05) is 6.92 Å². The van der Waals surface area contributed by atoms with Gasteiger partial charge >= 0.3 is 0 Å². The Balaban J connectivity index is 2.89. The lowest BCUT2D eigenvalue weighted by Crippen LogP contribution is -1.93. The Morgan fingerprint density at radius 3 is 2.73 bits per heavy atom. The van der Waals surface area contributed by atoms with Crippen LogP contribution in [0.5, 0.6) is 0 Å². The van der Waals surface area contributed by atoms with Crippen LogP contribution < -0.4 is 0 Å². The molecule has 15 heavy (non-hydrogen) atoms. The van der Waals surface area contributed by atoms with E-state index in [9.17, 15) is 4.39 Å². The first-order chi connectivity index (χ1) is 7.00. The van der Waals surface area contributed by atoms with Crippen LogP contribution in [-0.4, -0.2) is 9.97 Å². The quantitative estimate of drug-likeness (QED) is 0.837. The van der Waals surface area contributed by atoms with Gasteiger partial charge in [-0.3, -0.25) is 0 Å². The highest BCUT2D eigenvalue weighted by molar-refractivity contribution is 9.10. The predicted molar refractivity (Wildman–Crippen MR) is 62.6 cm³/mol. The number of hydrogen-bond donors (Lipinski definition) is 1. The van der Waals surface area contributed by atoms with E-state index in [0.717, 1.165) is 21.4 Å². The summed E-state index contributed by atoms with van der Waals surface area (Å²) < 4.78 is 14.4. The van der Waals surface area contributed by atoms with E-state index in [2.05, 4.69) is 39.7 Å². The van der Waals surface area contributed by atoms with E-state index in [0.29, 0.717) is 11.4 Å². The van der Waals surface area contributed by atoms with Crippen molar-refractivity contribution in [2.24, 2.45) is 0 Å². The minimum absolute atomic E-state index is 0.286. The number of rotatable bonds is 1. The third-order valence-corrected chi connectivity index (χ3v) is 3.06. The number of H-pyrrole nitrogens is 1. The van der Waals surface area contributed by atoms with Gasteiger partial charge in [0.15, 0.2) is 5.82 Å². The average molecular weight is 271 g/mol. The number of fused-ring (bicyclic) bond motifs is 1. The normalized spacial score (nSPS) is 11.6. The van der Waals surface area contributed by atoms with Gasteiger partial charge in [0.05, 0.1) is 5.52 Å². The molecule has 0 aliphatic rings. The Labute approximate surface area is 96.0 Å². The van der Waals surface area contributed by atoms with Gasteiger partial charge in [0.1, 0.15) is 11.3 Å². The fourth-order valence-electron chi connectivity index (χ4n) is 1.80. The molecule has 1 heterocycles. The first-order valence-electron chi connectivity index (χ1n) is 4.85. The van der Waals surface area contributed by atoms with Gasteiger partial charge in [-0.15, -0.1) is 0 Å². The summed E-state index contributed by atoms with van der Waals surface area (Å²) >= 11 is 3.39. The molecule has 0 spiro atoms. The number of aromatic nitrogens is 2. The first kappa shape index (κ1) is 10.6. The van der Waals surface area contributed by atoms with Crippen LogP contribution in [0.1, 0.15) is 31.2 Å². The summed E-state index contributed by atoms with van der Waals surface area (Å²) in [5.41, 5.74) is 2.31. The molecule has 0 aliphatic heterocycles. The van der Waals surface area contributed by atoms with Crippen LogP contribution in [0.25, 0.3) is 11.0 Å². The number of benzene rings is 1.